The van der Waals surface area contributed by atoms with E-state index in [9.17, 15) is 26.8 Å². The zero-order valence-corrected chi connectivity index (χ0v) is 20.1. The summed E-state index contributed by atoms with van der Waals surface area (Å²) < 4.78 is 59.9. The zero-order chi connectivity index (χ0) is 26.2. The lowest BCUT2D eigenvalue weighted by Crippen LogP contribution is -2.36. The number of rotatable bonds is 6. The van der Waals surface area contributed by atoms with E-state index in [1.807, 2.05) is 0 Å². The normalized spacial score (nSPS) is 17.8. The Morgan fingerprint density at radius 1 is 1.16 bits per heavy atom. The van der Waals surface area contributed by atoms with Crippen molar-refractivity contribution in [3.63, 3.8) is 0 Å². The highest BCUT2D eigenvalue weighted by Crippen LogP contribution is 2.29. The van der Waals surface area contributed by atoms with Gasteiger partial charge in [0.1, 0.15) is 17.7 Å². The van der Waals surface area contributed by atoms with Crippen LogP contribution in [0.5, 0.6) is 0 Å². The number of anilines is 2. The number of H-pyrrole nitrogens is 1. The average Bonchev–Trinajstić information content (AvgIpc) is 3.54. The maximum absolute atomic E-state index is 13.7. The second-order valence-electron chi connectivity index (χ2n) is 8.59. The first-order valence-electron chi connectivity index (χ1n) is 11.4. The van der Waals surface area contributed by atoms with Crippen molar-refractivity contribution in [1.29, 1.82) is 0 Å². The number of nitrogens with zero attached hydrogens (tertiary/aromatic N) is 3. The number of sulfonamides is 1. The van der Waals surface area contributed by atoms with Gasteiger partial charge in [0, 0.05) is 49.6 Å². The van der Waals surface area contributed by atoms with Crippen molar-refractivity contribution in [2.45, 2.75) is 36.8 Å². The predicted octanol–water partition coefficient (Wildman–Crippen LogP) is 2.20. The van der Waals surface area contributed by atoms with E-state index in [1.54, 1.807) is 0 Å². The number of nitrogens with one attached hydrogen (secondary N) is 3. The van der Waals surface area contributed by atoms with Crippen LogP contribution in [0, 0.1) is 11.6 Å². The number of hydrogen-bond donors (Lipinski definition) is 3. The molecule has 194 valence electrons. The third-order valence-electron chi connectivity index (χ3n) is 6.15. The SMILES string of the molecule is O=C(Nc1n[nH]c2c1CN(S(=O)(=O)c1cc(F)cc(F)c1)CC2)c1ccncc1NC(=O)[C@@H]1CCCO1. The molecule has 2 aliphatic rings. The highest BCUT2D eigenvalue weighted by atomic mass is 32.2. The van der Waals surface area contributed by atoms with Crippen LogP contribution >= 0.6 is 0 Å². The van der Waals surface area contributed by atoms with Gasteiger partial charge in [0.15, 0.2) is 5.82 Å². The Balaban J connectivity index is 1.35. The standard InChI is InChI=1S/C23H22F2N6O5S/c24-13-8-14(25)10-15(9-13)37(34,35)31-6-4-18-17(12-31)21(30-29-18)28-22(32)16-3-5-26-11-19(16)27-23(33)20-2-1-7-36-20/h3,5,8-11,20H,1-2,4,6-7,12H2,(H,27,33)(H2,28,29,30,32)/t20-/m0/s1. The Labute approximate surface area is 210 Å². The lowest BCUT2D eigenvalue weighted by Gasteiger charge is -2.26. The fraction of sp³-hybridized carbons (Fsp3) is 0.304. The molecule has 0 bridgehead atoms. The number of aromatic nitrogens is 3. The second kappa shape index (κ2) is 9.95. The Morgan fingerprint density at radius 3 is 2.68 bits per heavy atom. The van der Waals surface area contributed by atoms with Gasteiger partial charge in [0.2, 0.25) is 10.0 Å². The summed E-state index contributed by atoms with van der Waals surface area (Å²) in [6, 6.07) is 3.52. The van der Waals surface area contributed by atoms with E-state index in [0.717, 1.165) is 22.9 Å². The molecule has 0 aliphatic carbocycles. The molecule has 2 aliphatic heterocycles. The van der Waals surface area contributed by atoms with Crippen LogP contribution in [-0.4, -0.2) is 59.0 Å². The first-order chi connectivity index (χ1) is 17.7. The van der Waals surface area contributed by atoms with Gasteiger partial charge < -0.3 is 15.4 Å². The van der Waals surface area contributed by atoms with Crippen molar-refractivity contribution in [3.05, 3.63) is 65.1 Å². The summed E-state index contributed by atoms with van der Waals surface area (Å²) in [5.74, 6) is -2.91. The number of pyridine rings is 1. The van der Waals surface area contributed by atoms with E-state index in [2.05, 4.69) is 25.8 Å². The molecule has 0 spiro atoms. The second-order valence-corrected chi connectivity index (χ2v) is 10.5. The van der Waals surface area contributed by atoms with Gasteiger partial charge in [-0.15, -0.1) is 0 Å². The van der Waals surface area contributed by atoms with Gasteiger partial charge in [0.25, 0.3) is 11.8 Å². The van der Waals surface area contributed by atoms with Gasteiger partial charge in [-0.05, 0) is 31.0 Å². The number of ether oxygens (including phenoxy) is 1. The summed E-state index contributed by atoms with van der Waals surface area (Å²) in [4.78, 5) is 29.0. The van der Waals surface area contributed by atoms with Crippen LogP contribution < -0.4 is 10.6 Å². The molecule has 0 unspecified atom stereocenters. The maximum Gasteiger partial charge on any atom is 0.259 e. The largest absolute Gasteiger partial charge is 0.368 e. The van der Waals surface area contributed by atoms with Gasteiger partial charge in [-0.2, -0.15) is 9.40 Å². The fourth-order valence-electron chi connectivity index (χ4n) is 4.27. The highest BCUT2D eigenvalue weighted by molar-refractivity contribution is 7.89. The van der Waals surface area contributed by atoms with Gasteiger partial charge in [-0.25, -0.2) is 17.2 Å². The van der Waals surface area contributed by atoms with Gasteiger partial charge in [-0.3, -0.25) is 19.7 Å². The molecule has 0 saturated carbocycles. The van der Waals surface area contributed by atoms with E-state index in [1.165, 1.54) is 18.5 Å². The van der Waals surface area contributed by atoms with Crippen LogP contribution in [0.2, 0.25) is 0 Å². The van der Waals surface area contributed by atoms with Crippen LogP contribution in [0.1, 0.15) is 34.5 Å². The summed E-state index contributed by atoms with van der Waals surface area (Å²) in [5.41, 5.74) is 1.34. The Bertz CT molecular complexity index is 1450. The molecule has 1 fully saturated rings. The summed E-state index contributed by atoms with van der Waals surface area (Å²) in [5, 5.41) is 12.2. The molecule has 1 atom stereocenters. The zero-order valence-electron chi connectivity index (χ0n) is 19.3. The predicted molar refractivity (Wildman–Crippen MR) is 126 cm³/mol. The minimum absolute atomic E-state index is 0.0484. The van der Waals surface area contributed by atoms with Crippen LogP contribution in [-0.2, 0) is 32.5 Å². The molecule has 3 aromatic rings. The van der Waals surface area contributed by atoms with Crippen LogP contribution in [0.15, 0.2) is 41.6 Å². The van der Waals surface area contributed by atoms with Crippen molar-refractivity contribution in [3.8, 4) is 0 Å². The van der Waals surface area contributed by atoms with Crippen molar-refractivity contribution in [2.24, 2.45) is 0 Å². The minimum Gasteiger partial charge on any atom is -0.368 e. The van der Waals surface area contributed by atoms with E-state index >= 15 is 0 Å². The average molecular weight is 533 g/mol. The van der Waals surface area contributed by atoms with Crippen LogP contribution in [0.4, 0.5) is 20.3 Å². The minimum atomic E-state index is -4.22. The van der Waals surface area contributed by atoms with Crippen molar-refractivity contribution >= 4 is 33.3 Å². The molecule has 14 heteroatoms. The Hall–Kier alpha value is -3.75. The lowest BCUT2D eigenvalue weighted by atomic mass is 10.1. The van der Waals surface area contributed by atoms with Crippen molar-refractivity contribution < 1.29 is 31.5 Å². The van der Waals surface area contributed by atoms with E-state index in [-0.39, 0.29) is 42.5 Å². The fourth-order valence-corrected chi connectivity index (χ4v) is 5.72. The van der Waals surface area contributed by atoms with E-state index in [0.29, 0.717) is 30.4 Å². The maximum atomic E-state index is 13.7. The molecule has 3 N–H and O–H groups in total. The van der Waals surface area contributed by atoms with E-state index in [4.69, 9.17) is 4.74 Å². The molecule has 5 rings (SSSR count). The molecule has 1 aromatic carbocycles. The number of halogens is 2. The third-order valence-corrected chi connectivity index (χ3v) is 7.97. The highest BCUT2D eigenvalue weighted by Gasteiger charge is 2.32. The Morgan fingerprint density at radius 2 is 1.95 bits per heavy atom. The van der Waals surface area contributed by atoms with Crippen LogP contribution in [0.3, 0.4) is 0 Å². The molecular weight excluding hydrogens is 510 g/mol. The summed E-state index contributed by atoms with van der Waals surface area (Å²) in [7, 11) is -4.22. The third kappa shape index (κ3) is 5.08. The quantitative estimate of drug-likeness (QED) is 0.441. The Kier molecular flexibility index (Phi) is 6.70. The number of amides is 2. The number of fused-ring (bicyclic) bond motifs is 1. The summed E-state index contributed by atoms with van der Waals surface area (Å²) in [6.07, 6.45) is 3.72. The van der Waals surface area contributed by atoms with Gasteiger partial charge in [0.05, 0.1) is 22.3 Å². The first-order valence-corrected chi connectivity index (χ1v) is 12.9. The molecule has 2 aromatic heterocycles. The van der Waals surface area contributed by atoms with Crippen LogP contribution in [0.25, 0.3) is 0 Å². The number of carbonyl (C=O) groups is 2. The molecular formula is C23H22F2N6O5S. The molecule has 1 saturated heterocycles. The molecule has 37 heavy (non-hydrogen) atoms. The van der Waals surface area contributed by atoms with Crippen molar-refractivity contribution in [2.75, 3.05) is 23.8 Å². The van der Waals surface area contributed by atoms with Gasteiger partial charge >= 0.3 is 0 Å². The topological polar surface area (TPSA) is 146 Å². The number of benzene rings is 1. The summed E-state index contributed by atoms with van der Waals surface area (Å²) >= 11 is 0. The number of aromatic amines is 1. The molecule has 2 amide bonds. The lowest BCUT2D eigenvalue weighted by molar-refractivity contribution is -0.124. The number of carbonyl (C=O) groups excluding carboxylic acids is 2. The van der Waals surface area contributed by atoms with Gasteiger partial charge in [-0.1, -0.05) is 0 Å². The molecule has 4 heterocycles. The number of hydrogen-bond acceptors (Lipinski definition) is 7. The first kappa shape index (κ1) is 24.9. The molecule has 11 nitrogen and oxygen atoms in total. The monoisotopic (exact) mass is 532 g/mol. The smallest absolute Gasteiger partial charge is 0.259 e. The van der Waals surface area contributed by atoms with E-state index < -0.39 is 38.6 Å². The molecule has 0 radical (unpaired) electrons. The van der Waals surface area contributed by atoms with Crippen molar-refractivity contribution in [1.82, 2.24) is 19.5 Å². The summed E-state index contributed by atoms with van der Waals surface area (Å²) in [6.45, 7) is 0.358.